The SMILES string of the molecule is COc1ccc(CNC(=O)CCN2CCCC(C)C2)cc1OC. The van der Waals surface area contributed by atoms with Crippen molar-refractivity contribution in [2.24, 2.45) is 5.92 Å². The maximum absolute atomic E-state index is 12.0. The molecule has 2 rings (SSSR count). The lowest BCUT2D eigenvalue weighted by molar-refractivity contribution is -0.121. The van der Waals surface area contributed by atoms with Gasteiger partial charge in [0.05, 0.1) is 14.2 Å². The summed E-state index contributed by atoms with van der Waals surface area (Å²) in [5, 5.41) is 2.98. The van der Waals surface area contributed by atoms with E-state index in [1.165, 1.54) is 12.8 Å². The summed E-state index contributed by atoms with van der Waals surface area (Å²) < 4.78 is 10.5. The Morgan fingerprint density at radius 1 is 1.30 bits per heavy atom. The van der Waals surface area contributed by atoms with E-state index in [2.05, 4.69) is 17.1 Å². The highest BCUT2D eigenvalue weighted by atomic mass is 16.5. The van der Waals surface area contributed by atoms with Crippen LogP contribution in [0.1, 0.15) is 31.7 Å². The first kappa shape index (κ1) is 17.6. The minimum absolute atomic E-state index is 0.0954. The second-order valence-corrected chi connectivity index (χ2v) is 6.26. The van der Waals surface area contributed by atoms with Crippen LogP contribution in [-0.4, -0.2) is 44.7 Å². The molecule has 5 heteroatoms. The minimum atomic E-state index is 0.0954. The number of benzene rings is 1. The van der Waals surface area contributed by atoms with Crippen molar-refractivity contribution in [1.82, 2.24) is 10.2 Å². The monoisotopic (exact) mass is 320 g/mol. The van der Waals surface area contributed by atoms with Gasteiger partial charge in [-0.2, -0.15) is 0 Å². The van der Waals surface area contributed by atoms with Crippen LogP contribution in [-0.2, 0) is 11.3 Å². The molecule has 1 aromatic rings. The molecule has 5 nitrogen and oxygen atoms in total. The standard InChI is InChI=1S/C18H28N2O3/c1-14-5-4-9-20(13-14)10-8-18(21)19-12-15-6-7-16(22-2)17(11-15)23-3/h6-7,11,14H,4-5,8-10,12-13H2,1-3H3,(H,19,21). The summed E-state index contributed by atoms with van der Waals surface area (Å²) in [7, 11) is 3.22. The molecule has 1 amide bonds. The molecule has 1 fully saturated rings. The van der Waals surface area contributed by atoms with Gasteiger partial charge < -0.3 is 19.7 Å². The largest absolute Gasteiger partial charge is 0.493 e. The number of carbonyl (C=O) groups excluding carboxylic acids is 1. The lowest BCUT2D eigenvalue weighted by Gasteiger charge is -2.30. The molecule has 0 spiro atoms. The molecule has 128 valence electrons. The molecule has 1 atom stereocenters. The van der Waals surface area contributed by atoms with E-state index in [-0.39, 0.29) is 5.91 Å². The van der Waals surface area contributed by atoms with Gasteiger partial charge in [-0.05, 0) is 43.0 Å². The summed E-state index contributed by atoms with van der Waals surface area (Å²) in [4.78, 5) is 14.4. The van der Waals surface area contributed by atoms with Gasteiger partial charge in [-0.15, -0.1) is 0 Å². The summed E-state index contributed by atoms with van der Waals surface area (Å²) in [5.41, 5.74) is 1.00. The summed E-state index contributed by atoms with van der Waals surface area (Å²) in [6, 6.07) is 5.69. The smallest absolute Gasteiger partial charge is 0.221 e. The fourth-order valence-corrected chi connectivity index (χ4v) is 3.03. The van der Waals surface area contributed by atoms with Gasteiger partial charge in [0.15, 0.2) is 11.5 Å². The van der Waals surface area contributed by atoms with Gasteiger partial charge in [-0.25, -0.2) is 0 Å². The van der Waals surface area contributed by atoms with E-state index in [1.54, 1.807) is 14.2 Å². The number of methoxy groups -OCH3 is 2. The summed E-state index contributed by atoms with van der Waals surface area (Å²) in [6.07, 6.45) is 3.11. The molecule has 1 heterocycles. The molecule has 0 aromatic heterocycles. The third-order valence-electron chi connectivity index (χ3n) is 4.33. The first-order chi connectivity index (χ1) is 11.1. The highest BCUT2D eigenvalue weighted by Crippen LogP contribution is 2.27. The molecule has 1 aliphatic rings. The maximum Gasteiger partial charge on any atom is 0.221 e. The molecular weight excluding hydrogens is 292 g/mol. The fourth-order valence-electron chi connectivity index (χ4n) is 3.03. The summed E-state index contributed by atoms with van der Waals surface area (Å²) >= 11 is 0. The van der Waals surface area contributed by atoms with Crippen LogP contribution in [0.2, 0.25) is 0 Å². The molecule has 0 aliphatic carbocycles. The average molecular weight is 320 g/mol. The highest BCUT2D eigenvalue weighted by molar-refractivity contribution is 5.76. The normalized spacial score (nSPS) is 18.5. The molecular formula is C18H28N2O3. The Hall–Kier alpha value is -1.75. The molecule has 23 heavy (non-hydrogen) atoms. The summed E-state index contributed by atoms with van der Waals surface area (Å²) in [6.45, 7) is 5.87. The predicted octanol–water partition coefficient (Wildman–Crippen LogP) is 2.44. The van der Waals surface area contributed by atoms with Crippen LogP contribution < -0.4 is 14.8 Å². The van der Waals surface area contributed by atoms with Crippen LogP contribution in [0.3, 0.4) is 0 Å². The van der Waals surface area contributed by atoms with Gasteiger partial charge in [0.1, 0.15) is 0 Å². The minimum Gasteiger partial charge on any atom is -0.493 e. The molecule has 1 aliphatic heterocycles. The van der Waals surface area contributed by atoms with Gasteiger partial charge in [0, 0.05) is 26.1 Å². The Labute approximate surface area is 139 Å². The molecule has 1 saturated heterocycles. The number of nitrogens with one attached hydrogen (secondary N) is 1. The lowest BCUT2D eigenvalue weighted by Crippen LogP contribution is -2.37. The molecule has 1 aromatic carbocycles. The Balaban J connectivity index is 1.75. The third-order valence-corrected chi connectivity index (χ3v) is 4.33. The quantitative estimate of drug-likeness (QED) is 0.838. The number of ether oxygens (including phenoxy) is 2. The van der Waals surface area contributed by atoms with E-state index in [4.69, 9.17) is 9.47 Å². The zero-order valence-corrected chi connectivity index (χ0v) is 14.4. The van der Waals surface area contributed by atoms with E-state index in [0.29, 0.717) is 24.5 Å². The fraction of sp³-hybridized carbons (Fsp3) is 0.611. The zero-order chi connectivity index (χ0) is 16.7. The predicted molar refractivity (Wildman–Crippen MR) is 90.8 cm³/mol. The maximum atomic E-state index is 12.0. The number of hydrogen-bond acceptors (Lipinski definition) is 4. The number of carbonyl (C=O) groups is 1. The molecule has 0 saturated carbocycles. The van der Waals surface area contributed by atoms with Gasteiger partial charge >= 0.3 is 0 Å². The van der Waals surface area contributed by atoms with E-state index >= 15 is 0 Å². The Kier molecular flexibility index (Phi) is 6.71. The van der Waals surface area contributed by atoms with Crippen LogP contribution in [0.4, 0.5) is 0 Å². The van der Waals surface area contributed by atoms with Crippen molar-refractivity contribution in [3.8, 4) is 11.5 Å². The van der Waals surface area contributed by atoms with Crippen molar-refractivity contribution in [2.75, 3.05) is 33.9 Å². The number of piperidine rings is 1. The van der Waals surface area contributed by atoms with Crippen molar-refractivity contribution in [3.05, 3.63) is 23.8 Å². The van der Waals surface area contributed by atoms with Gasteiger partial charge in [-0.3, -0.25) is 4.79 Å². The van der Waals surface area contributed by atoms with Crippen molar-refractivity contribution >= 4 is 5.91 Å². The first-order valence-corrected chi connectivity index (χ1v) is 8.32. The van der Waals surface area contributed by atoms with Crippen LogP contribution in [0, 0.1) is 5.92 Å². The number of amides is 1. The number of hydrogen-bond donors (Lipinski definition) is 1. The van der Waals surface area contributed by atoms with E-state index in [9.17, 15) is 4.79 Å². The van der Waals surface area contributed by atoms with E-state index in [1.807, 2.05) is 18.2 Å². The second-order valence-electron chi connectivity index (χ2n) is 6.26. The third kappa shape index (κ3) is 5.43. The van der Waals surface area contributed by atoms with Gasteiger partial charge in [0.2, 0.25) is 5.91 Å². The topological polar surface area (TPSA) is 50.8 Å². The molecule has 1 unspecified atom stereocenters. The van der Waals surface area contributed by atoms with Gasteiger partial charge in [0.25, 0.3) is 0 Å². The van der Waals surface area contributed by atoms with E-state index < -0.39 is 0 Å². The Morgan fingerprint density at radius 3 is 2.78 bits per heavy atom. The lowest BCUT2D eigenvalue weighted by atomic mass is 10.0. The van der Waals surface area contributed by atoms with Crippen molar-refractivity contribution < 1.29 is 14.3 Å². The Morgan fingerprint density at radius 2 is 2.09 bits per heavy atom. The van der Waals surface area contributed by atoms with Crippen molar-refractivity contribution in [3.63, 3.8) is 0 Å². The van der Waals surface area contributed by atoms with Crippen LogP contribution in [0.5, 0.6) is 11.5 Å². The second kappa shape index (κ2) is 8.77. The number of nitrogens with zero attached hydrogens (tertiary/aromatic N) is 1. The molecule has 0 bridgehead atoms. The van der Waals surface area contributed by atoms with E-state index in [0.717, 1.165) is 31.1 Å². The zero-order valence-electron chi connectivity index (χ0n) is 14.4. The van der Waals surface area contributed by atoms with Crippen molar-refractivity contribution in [1.29, 1.82) is 0 Å². The van der Waals surface area contributed by atoms with Crippen LogP contribution in [0.15, 0.2) is 18.2 Å². The average Bonchev–Trinajstić information content (AvgIpc) is 2.57. The number of likely N-dealkylation sites (tertiary alicyclic amines) is 1. The Bertz CT molecular complexity index is 519. The molecule has 1 N–H and O–H groups in total. The molecule has 0 radical (unpaired) electrons. The van der Waals surface area contributed by atoms with Crippen LogP contribution in [0.25, 0.3) is 0 Å². The number of rotatable bonds is 7. The van der Waals surface area contributed by atoms with Crippen LogP contribution >= 0.6 is 0 Å². The van der Waals surface area contributed by atoms with Gasteiger partial charge in [-0.1, -0.05) is 13.0 Å². The van der Waals surface area contributed by atoms with Crippen molar-refractivity contribution in [2.45, 2.75) is 32.7 Å². The summed E-state index contributed by atoms with van der Waals surface area (Å²) in [5.74, 6) is 2.22. The first-order valence-electron chi connectivity index (χ1n) is 8.32. The highest BCUT2D eigenvalue weighted by Gasteiger charge is 2.16.